The third-order valence-electron chi connectivity index (χ3n) is 3.10. The molecule has 0 radical (unpaired) electrons. The lowest BCUT2D eigenvalue weighted by atomic mass is 9.95. The van der Waals surface area contributed by atoms with E-state index in [0.717, 1.165) is 0 Å². The predicted octanol–water partition coefficient (Wildman–Crippen LogP) is 3.17. The van der Waals surface area contributed by atoms with Crippen LogP contribution < -0.4 is 0 Å². The molecule has 4 nitrogen and oxygen atoms in total. The molecule has 2 amide bonds. The van der Waals surface area contributed by atoms with Gasteiger partial charge < -0.3 is 9.80 Å². The smallest absolute Gasteiger partial charge is 0.232 e. The van der Waals surface area contributed by atoms with Crippen molar-refractivity contribution in [3.8, 4) is 0 Å². The van der Waals surface area contributed by atoms with Crippen LogP contribution in [0.2, 0.25) is 0 Å². The zero-order valence-corrected chi connectivity index (χ0v) is 15.2. The van der Waals surface area contributed by atoms with Crippen LogP contribution in [0.4, 0.5) is 0 Å². The molecule has 0 N–H and O–H groups in total. The first-order valence-corrected chi connectivity index (χ1v) is 7.95. The molecule has 0 aromatic carbocycles. The summed E-state index contributed by atoms with van der Waals surface area (Å²) in [5, 5.41) is 0. The van der Waals surface area contributed by atoms with Gasteiger partial charge in [0.1, 0.15) is 6.42 Å². The van der Waals surface area contributed by atoms with Crippen LogP contribution in [0.3, 0.4) is 0 Å². The lowest BCUT2D eigenvalue weighted by Crippen LogP contribution is -2.43. The van der Waals surface area contributed by atoms with Gasteiger partial charge in [0, 0.05) is 26.2 Å². The first kappa shape index (κ1) is 19.9. The van der Waals surface area contributed by atoms with Gasteiger partial charge in [-0.05, 0) is 24.7 Å². The summed E-state index contributed by atoms with van der Waals surface area (Å²) in [5.41, 5.74) is 0.0924. The Morgan fingerprint density at radius 3 is 1.19 bits per heavy atom. The van der Waals surface area contributed by atoms with Crippen LogP contribution in [0.1, 0.15) is 61.8 Å². The summed E-state index contributed by atoms with van der Waals surface area (Å²) in [6.07, 6.45) is -0.0200. The van der Waals surface area contributed by atoms with E-state index in [1.54, 1.807) is 9.80 Å². The second-order valence-electron chi connectivity index (χ2n) is 8.11. The SMILES string of the molecule is CCN(CC(C)(C)C)C(=O)CC(=O)N(CC)CC(C)(C)C. The fourth-order valence-corrected chi connectivity index (χ4v) is 2.25. The molecule has 0 saturated carbocycles. The second-order valence-corrected chi connectivity index (χ2v) is 8.11. The topological polar surface area (TPSA) is 40.6 Å². The molecular formula is C17H34N2O2. The average molecular weight is 298 g/mol. The van der Waals surface area contributed by atoms with Crippen molar-refractivity contribution >= 4 is 11.8 Å². The minimum atomic E-state index is -0.0650. The highest BCUT2D eigenvalue weighted by Crippen LogP contribution is 2.18. The Morgan fingerprint density at radius 2 is 1.00 bits per heavy atom. The summed E-state index contributed by atoms with van der Waals surface area (Å²) in [5.74, 6) is -0.130. The minimum Gasteiger partial charge on any atom is -0.342 e. The van der Waals surface area contributed by atoms with Crippen molar-refractivity contribution in [1.29, 1.82) is 0 Å². The Morgan fingerprint density at radius 1 is 0.714 bits per heavy atom. The Balaban J connectivity index is 4.69. The number of hydrogen-bond acceptors (Lipinski definition) is 2. The lowest BCUT2D eigenvalue weighted by molar-refractivity contribution is -0.141. The van der Waals surface area contributed by atoms with Crippen molar-refractivity contribution in [1.82, 2.24) is 9.80 Å². The maximum atomic E-state index is 12.3. The maximum absolute atomic E-state index is 12.3. The maximum Gasteiger partial charge on any atom is 0.232 e. The second kappa shape index (κ2) is 7.81. The van der Waals surface area contributed by atoms with Crippen molar-refractivity contribution in [3.63, 3.8) is 0 Å². The zero-order valence-electron chi connectivity index (χ0n) is 15.2. The molecule has 0 rings (SSSR count). The molecule has 0 spiro atoms. The molecule has 0 aromatic rings. The van der Waals surface area contributed by atoms with Crippen LogP contribution in [0.15, 0.2) is 0 Å². The van der Waals surface area contributed by atoms with Gasteiger partial charge in [-0.3, -0.25) is 9.59 Å². The number of rotatable bonds is 6. The van der Waals surface area contributed by atoms with Crippen molar-refractivity contribution in [2.75, 3.05) is 26.2 Å². The zero-order chi connectivity index (χ0) is 16.8. The molecule has 0 fully saturated rings. The van der Waals surface area contributed by atoms with E-state index in [1.165, 1.54) is 0 Å². The fourth-order valence-electron chi connectivity index (χ4n) is 2.25. The Labute approximate surface area is 130 Å². The summed E-state index contributed by atoms with van der Waals surface area (Å²) in [6.45, 7) is 19.2. The van der Waals surface area contributed by atoms with Gasteiger partial charge in [0.25, 0.3) is 0 Å². The molecule has 0 heterocycles. The Kier molecular flexibility index (Phi) is 7.41. The van der Waals surface area contributed by atoms with E-state index >= 15 is 0 Å². The minimum absolute atomic E-state index is 0.0200. The van der Waals surface area contributed by atoms with E-state index in [2.05, 4.69) is 41.5 Å². The molecule has 4 heteroatoms. The van der Waals surface area contributed by atoms with Gasteiger partial charge in [-0.15, -0.1) is 0 Å². The molecule has 0 aliphatic rings. The van der Waals surface area contributed by atoms with Gasteiger partial charge in [0.05, 0.1) is 0 Å². The highest BCUT2D eigenvalue weighted by Gasteiger charge is 2.25. The molecule has 0 bridgehead atoms. The van der Waals surface area contributed by atoms with Crippen molar-refractivity contribution in [2.24, 2.45) is 10.8 Å². The highest BCUT2D eigenvalue weighted by atomic mass is 16.2. The molecule has 0 aliphatic carbocycles. The van der Waals surface area contributed by atoms with E-state index < -0.39 is 0 Å². The molecule has 0 unspecified atom stereocenters. The summed E-state index contributed by atoms with van der Waals surface area (Å²) < 4.78 is 0. The summed E-state index contributed by atoms with van der Waals surface area (Å²) in [4.78, 5) is 28.2. The average Bonchev–Trinajstić information content (AvgIpc) is 2.30. The van der Waals surface area contributed by atoms with Crippen LogP contribution in [0.5, 0.6) is 0 Å². The van der Waals surface area contributed by atoms with Crippen LogP contribution in [0.25, 0.3) is 0 Å². The van der Waals surface area contributed by atoms with Crippen molar-refractivity contribution in [3.05, 3.63) is 0 Å². The number of hydrogen-bond donors (Lipinski definition) is 0. The van der Waals surface area contributed by atoms with Gasteiger partial charge in [0.15, 0.2) is 0 Å². The number of carbonyl (C=O) groups excluding carboxylic acids is 2. The van der Waals surface area contributed by atoms with Gasteiger partial charge in [-0.1, -0.05) is 41.5 Å². The Bertz CT molecular complexity index is 317. The lowest BCUT2D eigenvalue weighted by Gasteiger charge is -2.31. The first-order valence-electron chi connectivity index (χ1n) is 7.95. The number of nitrogens with zero attached hydrogens (tertiary/aromatic N) is 2. The monoisotopic (exact) mass is 298 g/mol. The number of amides is 2. The van der Waals surface area contributed by atoms with Gasteiger partial charge in [0.2, 0.25) is 11.8 Å². The Hall–Kier alpha value is -1.06. The fraction of sp³-hybridized carbons (Fsp3) is 0.882. The van der Waals surface area contributed by atoms with Crippen molar-refractivity contribution < 1.29 is 9.59 Å². The molecule has 124 valence electrons. The van der Waals surface area contributed by atoms with E-state index in [4.69, 9.17) is 0 Å². The molecular weight excluding hydrogens is 264 g/mol. The predicted molar refractivity (Wildman–Crippen MR) is 88.0 cm³/mol. The molecule has 0 saturated heterocycles. The van der Waals surface area contributed by atoms with E-state index in [9.17, 15) is 9.59 Å². The van der Waals surface area contributed by atoms with Gasteiger partial charge in [-0.2, -0.15) is 0 Å². The van der Waals surface area contributed by atoms with Gasteiger partial charge >= 0.3 is 0 Å². The largest absolute Gasteiger partial charge is 0.342 e. The normalized spacial score (nSPS) is 12.2. The van der Waals surface area contributed by atoms with Crippen LogP contribution in [-0.2, 0) is 9.59 Å². The number of carbonyl (C=O) groups is 2. The van der Waals surface area contributed by atoms with Gasteiger partial charge in [-0.25, -0.2) is 0 Å². The summed E-state index contributed by atoms with van der Waals surface area (Å²) in [7, 11) is 0. The van der Waals surface area contributed by atoms with Crippen LogP contribution in [0, 0.1) is 10.8 Å². The molecule has 21 heavy (non-hydrogen) atoms. The third kappa shape index (κ3) is 8.74. The standard InChI is InChI=1S/C17H34N2O2/c1-9-18(12-16(3,4)5)14(20)11-15(21)19(10-2)13-17(6,7)8/h9-13H2,1-8H3. The van der Waals surface area contributed by atoms with E-state index in [-0.39, 0.29) is 29.1 Å². The summed E-state index contributed by atoms with van der Waals surface area (Å²) in [6, 6.07) is 0. The van der Waals surface area contributed by atoms with Crippen LogP contribution in [-0.4, -0.2) is 47.8 Å². The summed E-state index contributed by atoms with van der Waals surface area (Å²) >= 11 is 0. The van der Waals surface area contributed by atoms with E-state index in [1.807, 2.05) is 13.8 Å². The molecule has 0 aliphatic heterocycles. The molecule has 0 aromatic heterocycles. The molecule has 0 atom stereocenters. The van der Waals surface area contributed by atoms with Crippen molar-refractivity contribution in [2.45, 2.75) is 61.8 Å². The first-order chi connectivity index (χ1) is 9.39. The quantitative estimate of drug-likeness (QED) is 0.707. The van der Waals surface area contributed by atoms with E-state index in [0.29, 0.717) is 26.2 Å². The third-order valence-corrected chi connectivity index (χ3v) is 3.10. The highest BCUT2D eigenvalue weighted by molar-refractivity contribution is 5.96. The van der Waals surface area contributed by atoms with Crippen LogP contribution >= 0.6 is 0 Å².